The molecule has 2 aromatic rings. The molecule has 98 valence electrons. The smallest absolute Gasteiger partial charge is 0.206 e. The average molecular weight is 247 g/mol. The van der Waals surface area contributed by atoms with Crippen molar-refractivity contribution in [1.82, 2.24) is 9.55 Å². The number of fused-ring (bicyclic) bond motifs is 1. The first-order chi connectivity index (χ1) is 8.42. The molecule has 1 aromatic heterocycles. The zero-order valence-corrected chi connectivity index (χ0v) is 11.5. The molecule has 0 bridgehead atoms. The summed E-state index contributed by atoms with van der Waals surface area (Å²) in [7, 11) is 2.01. The molecule has 0 aliphatic carbocycles. The Morgan fingerprint density at radius 1 is 1.33 bits per heavy atom. The van der Waals surface area contributed by atoms with E-state index in [1.54, 1.807) is 0 Å². The first-order valence-electron chi connectivity index (χ1n) is 6.31. The lowest BCUT2D eigenvalue weighted by Gasteiger charge is -2.28. The first kappa shape index (κ1) is 12.9. The number of para-hydroxylation sites is 2. The molecule has 0 unspecified atom stereocenters. The lowest BCUT2D eigenvalue weighted by Crippen LogP contribution is -2.39. The monoisotopic (exact) mass is 247 g/mol. The summed E-state index contributed by atoms with van der Waals surface area (Å²) in [4.78, 5) is 6.74. The summed E-state index contributed by atoms with van der Waals surface area (Å²) in [5, 5.41) is 9.97. The second-order valence-electron chi connectivity index (χ2n) is 5.29. The second-order valence-corrected chi connectivity index (χ2v) is 5.29. The molecule has 0 fully saturated rings. The third-order valence-electron chi connectivity index (χ3n) is 3.01. The highest BCUT2D eigenvalue weighted by Gasteiger charge is 2.21. The van der Waals surface area contributed by atoms with Crippen LogP contribution in [0.4, 0.5) is 5.95 Å². The number of anilines is 1. The van der Waals surface area contributed by atoms with Gasteiger partial charge in [-0.1, -0.05) is 12.1 Å². The Bertz CT molecular complexity index is 539. The molecule has 0 aliphatic rings. The fourth-order valence-corrected chi connectivity index (χ4v) is 2.21. The van der Waals surface area contributed by atoms with Crippen LogP contribution in [0.15, 0.2) is 24.3 Å². The Morgan fingerprint density at radius 3 is 2.56 bits per heavy atom. The van der Waals surface area contributed by atoms with E-state index in [2.05, 4.69) is 27.4 Å². The number of hydrogen-bond donors (Lipinski definition) is 1. The van der Waals surface area contributed by atoms with Crippen molar-refractivity contribution in [3.63, 3.8) is 0 Å². The molecule has 0 saturated carbocycles. The normalized spacial score (nSPS) is 12.1. The van der Waals surface area contributed by atoms with Gasteiger partial charge in [0, 0.05) is 20.1 Å². The van der Waals surface area contributed by atoms with Crippen molar-refractivity contribution in [3.05, 3.63) is 24.3 Å². The molecule has 1 aromatic carbocycles. The molecule has 0 aliphatic heterocycles. The van der Waals surface area contributed by atoms with E-state index in [9.17, 15) is 5.11 Å². The fraction of sp³-hybridized carbons (Fsp3) is 0.500. The molecule has 4 nitrogen and oxygen atoms in total. The van der Waals surface area contributed by atoms with Gasteiger partial charge < -0.3 is 14.6 Å². The van der Waals surface area contributed by atoms with E-state index in [0.29, 0.717) is 6.54 Å². The number of aromatic nitrogens is 2. The number of benzene rings is 1. The molecule has 0 radical (unpaired) electrons. The SMILES string of the molecule is CCN(CC(C)(C)O)c1nc2ccccc2n1C. The lowest BCUT2D eigenvalue weighted by atomic mass is 10.1. The maximum absolute atomic E-state index is 9.97. The van der Waals surface area contributed by atoms with Crippen molar-refractivity contribution < 1.29 is 5.11 Å². The lowest BCUT2D eigenvalue weighted by molar-refractivity contribution is 0.0871. The number of nitrogens with zero attached hydrogens (tertiary/aromatic N) is 3. The van der Waals surface area contributed by atoms with Crippen LogP contribution >= 0.6 is 0 Å². The van der Waals surface area contributed by atoms with E-state index in [1.165, 1.54) is 0 Å². The van der Waals surface area contributed by atoms with Gasteiger partial charge in [0.1, 0.15) is 0 Å². The van der Waals surface area contributed by atoms with Crippen molar-refractivity contribution >= 4 is 17.0 Å². The first-order valence-corrected chi connectivity index (χ1v) is 6.31. The summed E-state index contributed by atoms with van der Waals surface area (Å²) >= 11 is 0. The van der Waals surface area contributed by atoms with Gasteiger partial charge in [0.25, 0.3) is 0 Å². The maximum Gasteiger partial charge on any atom is 0.206 e. The standard InChI is InChI=1S/C14H21N3O/c1-5-17(10-14(2,3)18)13-15-11-8-6-7-9-12(11)16(13)4/h6-9,18H,5,10H2,1-4H3. The molecular formula is C14H21N3O. The van der Waals surface area contributed by atoms with Crippen molar-refractivity contribution in [1.29, 1.82) is 0 Å². The number of aryl methyl sites for hydroxylation is 1. The summed E-state index contributed by atoms with van der Waals surface area (Å²) in [6.45, 7) is 7.10. The van der Waals surface area contributed by atoms with Gasteiger partial charge in [-0.2, -0.15) is 0 Å². The minimum absolute atomic E-state index is 0.570. The average Bonchev–Trinajstić information content (AvgIpc) is 2.63. The molecule has 18 heavy (non-hydrogen) atoms. The molecule has 2 rings (SSSR count). The van der Waals surface area contributed by atoms with Crippen LogP contribution in [-0.4, -0.2) is 33.3 Å². The van der Waals surface area contributed by atoms with Crippen molar-refractivity contribution in [3.8, 4) is 0 Å². The number of imidazole rings is 1. The van der Waals surface area contributed by atoms with Gasteiger partial charge in [-0.25, -0.2) is 4.98 Å². The number of likely N-dealkylation sites (N-methyl/N-ethyl adjacent to an activating group) is 1. The van der Waals surface area contributed by atoms with Crippen LogP contribution in [0.25, 0.3) is 11.0 Å². The Kier molecular flexibility index (Phi) is 3.30. The molecule has 0 amide bonds. The largest absolute Gasteiger partial charge is 0.389 e. The summed E-state index contributed by atoms with van der Waals surface area (Å²) in [5.41, 5.74) is 1.37. The van der Waals surface area contributed by atoms with Crippen molar-refractivity contribution in [2.75, 3.05) is 18.0 Å². The summed E-state index contributed by atoms with van der Waals surface area (Å²) in [5.74, 6) is 0.904. The fourth-order valence-electron chi connectivity index (χ4n) is 2.21. The third-order valence-corrected chi connectivity index (χ3v) is 3.01. The van der Waals surface area contributed by atoms with Crippen LogP contribution < -0.4 is 4.90 Å². The van der Waals surface area contributed by atoms with Crippen LogP contribution in [0.2, 0.25) is 0 Å². The van der Waals surface area contributed by atoms with E-state index in [0.717, 1.165) is 23.5 Å². The third kappa shape index (κ3) is 2.48. The second kappa shape index (κ2) is 4.61. The molecular weight excluding hydrogens is 226 g/mol. The molecule has 0 saturated heterocycles. The summed E-state index contributed by atoms with van der Waals surface area (Å²) in [6.07, 6.45) is 0. The van der Waals surface area contributed by atoms with Crippen LogP contribution in [0.1, 0.15) is 20.8 Å². The highest BCUT2D eigenvalue weighted by molar-refractivity contribution is 5.78. The quantitative estimate of drug-likeness (QED) is 0.900. The predicted octanol–water partition coefficient (Wildman–Crippen LogP) is 2.17. The topological polar surface area (TPSA) is 41.3 Å². The molecule has 1 heterocycles. The Labute approximate surface area is 108 Å². The van der Waals surface area contributed by atoms with E-state index in [-0.39, 0.29) is 0 Å². The predicted molar refractivity (Wildman–Crippen MR) is 74.9 cm³/mol. The number of hydrogen-bond acceptors (Lipinski definition) is 3. The molecule has 1 N–H and O–H groups in total. The van der Waals surface area contributed by atoms with Gasteiger partial charge in [-0.3, -0.25) is 0 Å². The molecule has 0 spiro atoms. The van der Waals surface area contributed by atoms with E-state index < -0.39 is 5.60 Å². The maximum atomic E-state index is 9.97. The van der Waals surface area contributed by atoms with Gasteiger partial charge >= 0.3 is 0 Å². The zero-order chi connectivity index (χ0) is 13.3. The van der Waals surface area contributed by atoms with Gasteiger partial charge in [0.2, 0.25) is 5.95 Å². The van der Waals surface area contributed by atoms with Gasteiger partial charge in [0.05, 0.1) is 16.6 Å². The van der Waals surface area contributed by atoms with Gasteiger partial charge in [0.15, 0.2) is 0 Å². The van der Waals surface area contributed by atoms with Crippen LogP contribution in [0.3, 0.4) is 0 Å². The van der Waals surface area contributed by atoms with Crippen LogP contribution in [0.5, 0.6) is 0 Å². The van der Waals surface area contributed by atoms with E-state index >= 15 is 0 Å². The van der Waals surface area contributed by atoms with Gasteiger partial charge in [-0.15, -0.1) is 0 Å². The zero-order valence-electron chi connectivity index (χ0n) is 11.5. The minimum Gasteiger partial charge on any atom is -0.389 e. The number of rotatable bonds is 4. The molecule has 4 heteroatoms. The highest BCUT2D eigenvalue weighted by atomic mass is 16.3. The van der Waals surface area contributed by atoms with E-state index in [4.69, 9.17) is 0 Å². The van der Waals surface area contributed by atoms with Gasteiger partial charge in [-0.05, 0) is 32.9 Å². The Hall–Kier alpha value is -1.55. The minimum atomic E-state index is -0.728. The van der Waals surface area contributed by atoms with Crippen molar-refractivity contribution in [2.45, 2.75) is 26.4 Å². The number of aliphatic hydroxyl groups is 1. The van der Waals surface area contributed by atoms with Crippen LogP contribution in [0, 0.1) is 0 Å². The van der Waals surface area contributed by atoms with E-state index in [1.807, 2.05) is 39.1 Å². The summed E-state index contributed by atoms with van der Waals surface area (Å²) in [6, 6.07) is 8.08. The Morgan fingerprint density at radius 2 is 2.00 bits per heavy atom. The Balaban J connectivity index is 2.42. The summed E-state index contributed by atoms with van der Waals surface area (Å²) < 4.78 is 2.07. The highest BCUT2D eigenvalue weighted by Crippen LogP contribution is 2.22. The van der Waals surface area contributed by atoms with Crippen LogP contribution in [-0.2, 0) is 7.05 Å². The van der Waals surface area contributed by atoms with Crippen molar-refractivity contribution in [2.24, 2.45) is 7.05 Å². The molecule has 0 atom stereocenters.